The van der Waals surface area contributed by atoms with Crippen LogP contribution >= 0.6 is 11.6 Å². The molecule has 0 aliphatic carbocycles. The van der Waals surface area contributed by atoms with Crippen LogP contribution in [0.5, 0.6) is 34.8 Å². The third kappa shape index (κ3) is 12.3. The third-order valence-electron chi connectivity index (χ3n) is 16.0. The van der Waals surface area contributed by atoms with Crippen molar-refractivity contribution in [3.63, 3.8) is 0 Å². The average molecular weight is 1170 g/mol. The number of hydrogen-bond donors (Lipinski definition) is 0. The van der Waals surface area contributed by atoms with Gasteiger partial charge in [0.05, 0.1) is 93.4 Å². The number of benzene rings is 5. The maximum absolute atomic E-state index is 18.5. The van der Waals surface area contributed by atoms with Crippen LogP contribution < -0.4 is 43.1 Å². The zero-order valence-corrected chi connectivity index (χ0v) is 48.3. The lowest BCUT2D eigenvalue weighted by Gasteiger charge is -2.33. The lowest BCUT2D eigenvalue weighted by atomic mass is 9.98. The first-order chi connectivity index (χ1) is 40.7. The first kappa shape index (κ1) is 57.7. The minimum Gasteiger partial charge on any atom is -0.497 e. The van der Waals surface area contributed by atoms with Gasteiger partial charge in [-0.05, 0) is 121 Å². The molecule has 6 heterocycles. The number of aryl methyl sites for hydroxylation is 1. The van der Waals surface area contributed by atoms with Gasteiger partial charge in [0.25, 0.3) is 0 Å². The summed E-state index contributed by atoms with van der Waals surface area (Å²) in [5.74, 6) is 1.87. The molecular weight excluding hydrogens is 1100 g/mol. The Hall–Kier alpha value is -8.13. The Bertz CT molecular complexity index is 3500. The SMILES string of the molecule is COc1ccc(CN(Cc2ccc(OC)cc2)c2cncc(C(C)N3CCOc4c(Cl)c(-c5nc(N(Cc6ccc(OC)cc6)Cc6ccc(OC)cc6)cc(C)c5C(F)(F)F)c(F)c5nc(OC[C@@H]6CC[C@H]7COCCN76)nc3c45)c2)cc1. The van der Waals surface area contributed by atoms with Gasteiger partial charge in [0.2, 0.25) is 0 Å². The number of halogens is 5. The molecule has 15 nitrogen and oxygen atoms in total. The van der Waals surface area contributed by atoms with Gasteiger partial charge >= 0.3 is 12.2 Å². The number of fused-ring (bicyclic) bond motifs is 1. The molecule has 3 aliphatic rings. The van der Waals surface area contributed by atoms with E-state index in [0.717, 1.165) is 64.4 Å². The second-order valence-corrected chi connectivity index (χ2v) is 21.6. The van der Waals surface area contributed by atoms with Crippen molar-refractivity contribution in [2.24, 2.45) is 0 Å². The molecule has 3 aliphatic heterocycles. The number of pyridine rings is 2. The fourth-order valence-corrected chi connectivity index (χ4v) is 11.8. The van der Waals surface area contributed by atoms with Crippen molar-refractivity contribution in [3.8, 4) is 46.0 Å². The Labute approximate surface area is 490 Å². The maximum Gasteiger partial charge on any atom is 0.418 e. The summed E-state index contributed by atoms with van der Waals surface area (Å²) in [6, 6.07) is 33.5. The summed E-state index contributed by atoms with van der Waals surface area (Å²) in [6.45, 7) is 7.03. The van der Waals surface area contributed by atoms with E-state index < -0.39 is 39.9 Å². The van der Waals surface area contributed by atoms with Crippen LogP contribution in [0, 0.1) is 12.7 Å². The molecule has 2 fully saturated rings. The summed E-state index contributed by atoms with van der Waals surface area (Å²) in [4.78, 5) is 27.7. The highest BCUT2D eigenvalue weighted by atomic mass is 35.5. The van der Waals surface area contributed by atoms with E-state index in [0.29, 0.717) is 37.8 Å². The summed E-state index contributed by atoms with van der Waals surface area (Å²) < 4.78 is 106. The number of rotatable bonds is 20. The number of methoxy groups -OCH3 is 4. The van der Waals surface area contributed by atoms with Crippen LogP contribution in [0.1, 0.15) is 64.8 Å². The summed E-state index contributed by atoms with van der Waals surface area (Å²) in [7, 11) is 6.40. The van der Waals surface area contributed by atoms with Gasteiger partial charge in [-0.3, -0.25) is 9.88 Å². The van der Waals surface area contributed by atoms with Gasteiger partial charge in [-0.15, -0.1) is 0 Å². The highest BCUT2D eigenvalue weighted by Crippen LogP contribution is 2.51. The van der Waals surface area contributed by atoms with Crippen molar-refractivity contribution in [2.75, 3.05) is 82.7 Å². The Morgan fingerprint density at radius 3 is 1.81 bits per heavy atom. The van der Waals surface area contributed by atoms with Gasteiger partial charge < -0.3 is 47.9 Å². The molecule has 5 aromatic carbocycles. The van der Waals surface area contributed by atoms with E-state index in [1.165, 1.54) is 13.0 Å². The molecule has 20 heteroatoms. The fraction of sp³-hybridized carbons (Fsp3) is 0.344. The second-order valence-electron chi connectivity index (χ2n) is 21.2. The lowest BCUT2D eigenvalue weighted by Crippen LogP contribution is -2.46. The van der Waals surface area contributed by atoms with E-state index in [9.17, 15) is 0 Å². The minimum absolute atomic E-state index is 0.00694. The Kier molecular flexibility index (Phi) is 17.2. The molecule has 84 heavy (non-hydrogen) atoms. The number of nitrogens with zero attached hydrogens (tertiary/aromatic N) is 8. The smallest absolute Gasteiger partial charge is 0.418 e. The molecule has 0 amide bonds. The van der Waals surface area contributed by atoms with Crippen LogP contribution in [-0.2, 0) is 37.1 Å². The van der Waals surface area contributed by atoms with Crippen molar-refractivity contribution < 1.29 is 50.7 Å². The van der Waals surface area contributed by atoms with E-state index in [-0.39, 0.29) is 84.8 Å². The quantitative estimate of drug-likeness (QED) is 0.0671. The largest absolute Gasteiger partial charge is 0.497 e. The Morgan fingerprint density at radius 2 is 1.26 bits per heavy atom. The predicted molar refractivity (Wildman–Crippen MR) is 315 cm³/mol. The van der Waals surface area contributed by atoms with E-state index >= 15 is 17.6 Å². The molecule has 438 valence electrons. The molecule has 11 rings (SSSR count). The van der Waals surface area contributed by atoms with Crippen LogP contribution in [0.3, 0.4) is 0 Å². The number of ether oxygens (including phenoxy) is 7. The van der Waals surface area contributed by atoms with Crippen molar-refractivity contribution in [1.82, 2.24) is 24.8 Å². The van der Waals surface area contributed by atoms with Crippen LogP contribution in [0.4, 0.5) is 34.9 Å². The molecule has 0 saturated carbocycles. The van der Waals surface area contributed by atoms with Crippen molar-refractivity contribution in [1.29, 1.82) is 0 Å². The molecule has 0 bridgehead atoms. The topological polar surface area (TPSA) is 129 Å². The van der Waals surface area contributed by atoms with Crippen LogP contribution in [0.15, 0.2) is 122 Å². The summed E-state index contributed by atoms with van der Waals surface area (Å²) >= 11 is 7.39. The molecule has 0 radical (unpaired) electrons. The number of anilines is 3. The standard InChI is InChI=1S/C64H65ClF4N8O7/c1-39-29-53(75(35-43-11-21-51(80-5)22-12-43)36-44-13-23-52(81-6)24-14-44)71-59(56(39)64(67,68)69)54-57(65)61-55-60(58(54)66)72-63(84-38-47-16-15-46-37-82-27-25-77(46)47)73-62(55)76(26-28-83-61)40(2)45-30-48(32-70-31-45)74(33-41-7-17-49(78-3)18-8-41)34-42-9-19-50(79-4)20-10-42/h7-14,17-24,29-32,40,46-47H,15-16,25-28,33-38H2,1-6H3/t40?,46-,47-/m0/s1. The zero-order valence-electron chi connectivity index (χ0n) is 47.6. The zero-order chi connectivity index (χ0) is 58.6. The highest BCUT2D eigenvalue weighted by Gasteiger charge is 2.41. The molecular formula is C64H65ClF4N8O7. The van der Waals surface area contributed by atoms with Gasteiger partial charge in [-0.2, -0.15) is 23.1 Å². The summed E-state index contributed by atoms with van der Waals surface area (Å²) in [5.41, 5.74) is 2.25. The van der Waals surface area contributed by atoms with Gasteiger partial charge in [-0.25, -0.2) is 9.37 Å². The van der Waals surface area contributed by atoms with Crippen LogP contribution in [-0.4, -0.2) is 105 Å². The summed E-state index contributed by atoms with van der Waals surface area (Å²) in [5, 5.41) is -0.348. The van der Waals surface area contributed by atoms with E-state index in [4.69, 9.17) is 64.7 Å². The number of alkyl halides is 3. The normalized spacial score (nSPS) is 16.3. The first-order valence-corrected chi connectivity index (χ1v) is 28.2. The molecule has 0 spiro atoms. The van der Waals surface area contributed by atoms with E-state index in [1.807, 2.05) is 95.7 Å². The molecule has 1 unspecified atom stereocenters. The van der Waals surface area contributed by atoms with Crippen LogP contribution in [0.25, 0.3) is 22.2 Å². The number of aromatic nitrogens is 4. The van der Waals surface area contributed by atoms with Gasteiger partial charge in [0.1, 0.15) is 53.4 Å². The number of morpholine rings is 1. The van der Waals surface area contributed by atoms with Gasteiger partial charge in [0, 0.05) is 51.0 Å². The minimum atomic E-state index is -5.02. The number of hydrogen-bond acceptors (Lipinski definition) is 15. The van der Waals surface area contributed by atoms with Crippen molar-refractivity contribution >= 4 is 39.8 Å². The molecule has 0 N–H and O–H groups in total. The fourth-order valence-electron chi connectivity index (χ4n) is 11.5. The monoisotopic (exact) mass is 1170 g/mol. The van der Waals surface area contributed by atoms with E-state index in [2.05, 4.69) is 15.9 Å². The molecule has 3 aromatic heterocycles. The van der Waals surface area contributed by atoms with Crippen molar-refractivity contribution in [3.05, 3.63) is 171 Å². The van der Waals surface area contributed by atoms with Gasteiger partial charge in [0.15, 0.2) is 11.6 Å². The second kappa shape index (κ2) is 25.0. The van der Waals surface area contributed by atoms with Crippen molar-refractivity contribution in [2.45, 2.75) is 77.2 Å². The summed E-state index contributed by atoms with van der Waals surface area (Å²) in [6.07, 6.45) is 0.317. The molecule has 8 aromatic rings. The molecule has 2 saturated heterocycles. The lowest BCUT2D eigenvalue weighted by molar-refractivity contribution is -0.137. The maximum atomic E-state index is 18.5. The predicted octanol–water partition coefficient (Wildman–Crippen LogP) is 12.9. The van der Waals surface area contributed by atoms with E-state index in [1.54, 1.807) is 58.9 Å². The van der Waals surface area contributed by atoms with Crippen LogP contribution in [0.2, 0.25) is 5.02 Å². The highest BCUT2D eigenvalue weighted by molar-refractivity contribution is 6.36. The Morgan fingerprint density at radius 1 is 0.702 bits per heavy atom. The third-order valence-corrected chi connectivity index (χ3v) is 16.4. The Balaban J connectivity index is 1.03. The average Bonchev–Trinajstić information content (AvgIpc) is 1.63. The molecule has 3 atom stereocenters. The first-order valence-electron chi connectivity index (χ1n) is 27.8. The van der Waals surface area contributed by atoms with Gasteiger partial charge in [-0.1, -0.05) is 60.1 Å².